The van der Waals surface area contributed by atoms with E-state index in [1.54, 1.807) is 0 Å². The first-order valence-electron chi connectivity index (χ1n) is 5.90. The molecular formula is C13H17Cl2NO. The lowest BCUT2D eigenvalue weighted by molar-refractivity contribution is 0.139. The molecule has 2 nitrogen and oxygen atoms in total. The summed E-state index contributed by atoms with van der Waals surface area (Å²) >= 11 is 11.9. The van der Waals surface area contributed by atoms with Crippen LogP contribution < -0.4 is 5.73 Å². The molecule has 1 atom stereocenters. The van der Waals surface area contributed by atoms with Gasteiger partial charge in [-0.25, -0.2) is 0 Å². The van der Waals surface area contributed by atoms with Crippen LogP contribution in [-0.2, 0) is 11.2 Å². The standard InChI is InChI=1S/C13H17Cl2NO/c14-11-3-2-10(8-12(11)15)9-13(16)4-1-6-17-7-5-13/h2-3,8H,1,4-7,9,16H2. The number of rotatable bonds is 2. The summed E-state index contributed by atoms with van der Waals surface area (Å²) in [6.07, 6.45) is 3.74. The predicted molar refractivity (Wildman–Crippen MR) is 71.8 cm³/mol. The van der Waals surface area contributed by atoms with E-state index in [0.717, 1.165) is 44.5 Å². The molecule has 0 saturated carbocycles. The molecule has 94 valence electrons. The molecule has 4 heteroatoms. The monoisotopic (exact) mass is 273 g/mol. The van der Waals surface area contributed by atoms with Gasteiger partial charge in [-0.3, -0.25) is 0 Å². The Morgan fingerprint density at radius 3 is 2.76 bits per heavy atom. The second-order valence-electron chi connectivity index (χ2n) is 4.75. The van der Waals surface area contributed by atoms with Crippen molar-refractivity contribution in [3.63, 3.8) is 0 Å². The van der Waals surface area contributed by atoms with Gasteiger partial charge in [-0.2, -0.15) is 0 Å². The van der Waals surface area contributed by atoms with Gasteiger partial charge in [0.05, 0.1) is 10.0 Å². The van der Waals surface area contributed by atoms with Crippen molar-refractivity contribution in [2.45, 2.75) is 31.2 Å². The van der Waals surface area contributed by atoms with Gasteiger partial charge in [-0.1, -0.05) is 29.3 Å². The molecular weight excluding hydrogens is 257 g/mol. The Morgan fingerprint density at radius 2 is 2.00 bits per heavy atom. The summed E-state index contributed by atoms with van der Waals surface area (Å²) in [6.45, 7) is 1.57. The summed E-state index contributed by atoms with van der Waals surface area (Å²) in [5.74, 6) is 0. The highest BCUT2D eigenvalue weighted by Crippen LogP contribution is 2.27. The fourth-order valence-corrected chi connectivity index (χ4v) is 2.58. The molecule has 0 bridgehead atoms. The minimum absolute atomic E-state index is 0.173. The van der Waals surface area contributed by atoms with E-state index in [-0.39, 0.29) is 5.54 Å². The van der Waals surface area contributed by atoms with Gasteiger partial charge in [0, 0.05) is 18.8 Å². The zero-order chi connectivity index (χ0) is 12.3. The van der Waals surface area contributed by atoms with E-state index in [4.69, 9.17) is 33.7 Å². The van der Waals surface area contributed by atoms with Crippen molar-refractivity contribution in [1.82, 2.24) is 0 Å². The first-order chi connectivity index (χ1) is 8.09. The fraction of sp³-hybridized carbons (Fsp3) is 0.538. The largest absolute Gasteiger partial charge is 0.381 e. The molecule has 0 amide bonds. The van der Waals surface area contributed by atoms with Crippen molar-refractivity contribution in [3.8, 4) is 0 Å². The zero-order valence-electron chi connectivity index (χ0n) is 9.72. The average Bonchev–Trinajstić information content (AvgIpc) is 2.49. The van der Waals surface area contributed by atoms with Crippen molar-refractivity contribution in [3.05, 3.63) is 33.8 Å². The van der Waals surface area contributed by atoms with Gasteiger partial charge in [-0.15, -0.1) is 0 Å². The normalized spacial score (nSPS) is 25.6. The van der Waals surface area contributed by atoms with Crippen LogP contribution in [0.3, 0.4) is 0 Å². The van der Waals surface area contributed by atoms with Crippen LogP contribution in [0.15, 0.2) is 18.2 Å². The quantitative estimate of drug-likeness (QED) is 0.896. The molecule has 2 N–H and O–H groups in total. The van der Waals surface area contributed by atoms with E-state index in [2.05, 4.69) is 0 Å². The van der Waals surface area contributed by atoms with Gasteiger partial charge in [0.2, 0.25) is 0 Å². The molecule has 0 aliphatic carbocycles. The van der Waals surface area contributed by atoms with Crippen LogP contribution in [-0.4, -0.2) is 18.8 Å². The molecule has 0 spiro atoms. The van der Waals surface area contributed by atoms with Crippen molar-refractivity contribution >= 4 is 23.2 Å². The molecule has 2 rings (SSSR count). The lowest BCUT2D eigenvalue weighted by Crippen LogP contribution is -2.42. The maximum absolute atomic E-state index is 6.42. The summed E-state index contributed by atoms with van der Waals surface area (Å²) in [4.78, 5) is 0. The molecule has 1 aliphatic rings. The van der Waals surface area contributed by atoms with Crippen LogP contribution in [0.5, 0.6) is 0 Å². The molecule has 1 aliphatic heterocycles. The number of hydrogen-bond acceptors (Lipinski definition) is 2. The predicted octanol–water partition coefficient (Wildman–Crippen LogP) is 3.43. The second-order valence-corrected chi connectivity index (χ2v) is 5.57. The Morgan fingerprint density at radius 1 is 1.18 bits per heavy atom. The Labute approximate surface area is 112 Å². The van der Waals surface area contributed by atoms with E-state index in [0.29, 0.717) is 10.0 Å². The lowest BCUT2D eigenvalue weighted by Gasteiger charge is -2.27. The number of ether oxygens (including phenoxy) is 1. The summed E-state index contributed by atoms with van der Waals surface area (Å²) in [6, 6.07) is 5.73. The maximum atomic E-state index is 6.42. The Hall–Kier alpha value is -0.280. The Kier molecular flexibility index (Phi) is 4.31. The van der Waals surface area contributed by atoms with E-state index < -0.39 is 0 Å². The van der Waals surface area contributed by atoms with Gasteiger partial charge in [0.1, 0.15) is 0 Å². The highest BCUT2D eigenvalue weighted by atomic mass is 35.5. The average molecular weight is 274 g/mol. The molecule has 1 fully saturated rings. The van der Waals surface area contributed by atoms with Crippen LogP contribution >= 0.6 is 23.2 Å². The van der Waals surface area contributed by atoms with Gasteiger partial charge in [0.25, 0.3) is 0 Å². The molecule has 1 saturated heterocycles. The van der Waals surface area contributed by atoms with Crippen molar-refractivity contribution in [1.29, 1.82) is 0 Å². The van der Waals surface area contributed by atoms with Crippen LogP contribution in [0.25, 0.3) is 0 Å². The highest BCUT2D eigenvalue weighted by Gasteiger charge is 2.26. The third kappa shape index (κ3) is 3.59. The van der Waals surface area contributed by atoms with Crippen LogP contribution in [0.4, 0.5) is 0 Å². The van der Waals surface area contributed by atoms with Crippen LogP contribution in [0.1, 0.15) is 24.8 Å². The number of benzene rings is 1. The number of nitrogens with two attached hydrogens (primary N) is 1. The summed E-state index contributed by atoms with van der Waals surface area (Å²) in [5, 5.41) is 1.18. The topological polar surface area (TPSA) is 35.2 Å². The molecule has 1 unspecified atom stereocenters. The van der Waals surface area contributed by atoms with E-state index in [1.807, 2.05) is 18.2 Å². The maximum Gasteiger partial charge on any atom is 0.0595 e. The Balaban J connectivity index is 2.10. The minimum Gasteiger partial charge on any atom is -0.381 e. The zero-order valence-corrected chi connectivity index (χ0v) is 11.2. The van der Waals surface area contributed by atoms with E-state index >= 15 is 0 Å². The smallest absolute Gasteiger partial charge is 0.0595 e. The summed E-state index contributed by atoms with van der Waals surface area (Å²) < 4.78 is 5.44. The highest BCUT2D eigenvalue weighted by molar-refractivity contribution is 6.42. The first-order valence-corrected chi connectivity index (χ1v) is 6.65. The first kappa shape index (κ1) is 13.2. The minimum atomic E-state index is -0.173. The van der Waals surface area contributed by atoms with Gasteiger partial charge in [-0.05, 0) is 43.4 Å². The molecule has 0 radical (unpaired) electrons. The lowest BCUT2D eigenvalue weighted by atomic mass is 9.85. The second kappa shape index (κ2) is 5.57. The summed E-state index contributed by atoms with van der Waals surface area (Å²) in [5.41, 5.74) is 7.39. The van der Waals surface area contributed by atoms with Gasteiger partial charge < -0.3 is 10.5 Å². The van der Waals surface area contributed by atoms with Crippen molar-refractivity contribution in [2.75, 3.05) is 13.2 Å². The van der Waals surface area contributed by atoms with Crippen molar-refractivity contribution in [2.24, 2.45) is 5.73 Å². The van der Waals surface area contributed by atoms with E-state index in [9.17, 15) is 0 Å². The fourth-order valence-electron chi connectivity index (χ4n) is 2.26. The van der Waals surface area contributed by atoms with Gasteiger partial charge >= 0.3 is 0 Å². The number of hydrogen-bond donors (Lipinski definition) is 1. The molecule has 1 heterocycles. The Bertz CT molecular complexity index is 387. The molecule has 1 aromatic rings. The van der Waals surface area contributed by atoms with Crippen LogP contribution in [0, 0.1) is 0 Å². The summed E-state index contributed by atoms with van der Waals surface area (Å²) in [7, 11) is 0. The van der Waals surface area contributed by atoms with Crippen LogP contribution in [0.2, 0.25) is 10.0 Å². The van der Waals surface area contributed by atoms with Gasteiger partial charge in [0.15, 0.2) is 0 Å². The molecule has 0 aromatic heterocycles. The van der Waals surface area contributed by atoms with Crippen molar-refractivity contribution < 1.29 is 4.74 Å². The van der Waals surface area contributed by atoms with E-state index in [1.165, 1.54) is 0 Å². The SMILES string of the molecule is NC1(Cc2ccc(Cl)c(Cl)c2)CCCOCC1. The third-order valence-electron chi connectivity index (χ3n) is 3.25. The molecule has 1 aromatic carbocycles. The third-order valence-corrected chi connectivity index (χ3v) is 3.99. The molecule has 17 heavy (non-hydrogen) atoms. The number of halogens is 2.